The maximum atomic E-state index is 10.5. The zero-order valence-electron chi connectivity index (χ0n) is 9.61. The van der Waals surface area contributed by atoms with Crippen LogP contribution in [0.4, 0.5) is 0 Å². The van der Waals surface area contributed by atoms with Crippen molar-refractivity contribution in [1.82, 2.24) is 0 Å². The molecule has 0 heterocycles. The molecular formula is C15H13IO. The molecule has 0 aromatic heterocycles. The molecule has 2 aromatic carbocycles. The van der Waals surface area contributed by atoms with Crippen LogP contribution < -0.4 is 0 Å². The van der Waals surface area contributed by atoms with Gasteiger partial charge in [0.1, 0.15) is 6.29 Å². The first-order valence-corrected chi connectivity index (χ1v) is 6.57. The Labute approximate surface area is 115 Å². The summed E-state index contributed by atoms with van der Waals surface area (Å²) in [6.45, 7) is 2.08. The van der Waals surface area contributed by atoms with Gasteiger partial charge in [-0.05, 0) is 58.3 Å². The summed E-state index contributed by atoms with van der Waals surface area (Å²) in [4.78, 5) is 10.5. The molecule has 0 bridgehead atoms. The van der Waals surface area contributed by atoms with Crippen LogP contribution in [0, 0.1) is 10.5 Å². The number of carbonyl (C=O) groups is 1. The van der Waals surface area contributed by atoms with Crippen LogP contribution in [0.1, 0.15) is 11.1 Å². The van der Waals surface area contributed by atoms with E-state index in [0.717, 1.165) is 11.8 Å². The summed E-state index contributed by atoms with van der Waals surface area (Å²) in [5, 5.41) is 0. The molecule has 0 atom stereocenters. The smallest absolute Gasteiger partial charge is 0.124 e. The summed E-state index contributed by atoms with van der Waals surface area (Å²) in [6.07, 6.45) is 1.43. The van der Waals surface area contributed by atoms with Crippen molar-refractivity contribution in [3.05, 3.63) is 57.2 Å². The highest BCUT2D eigenvalue weighted by Gasteiger charge is 2.04. The normalized spacial score (nSPS) is 10.2. The SMILES string of the molecule is Cc1ccc(-c2cc(CC=O)ccc2I)cc1. The zero-order valence-corrected chi connectivity index (χ0v) is 11.8. The highest BCUT2D eigenvalue weighted by Crippen LogP contribution is 2.26. The zero-order chi connectivity index (χ0) is 12.3. The fourth-order valence-electron chi connectivity index (χ4n) is 1.75. The monoisotopic (exact) mass is 336 g/mol. The van der Waals surface area contributed by atoms with Gasteiger partial charge in [-0.1, -0.05) is 35.9 Å². The minimum atomic E-state index is 0.482. The van der Waals surface area contributed by atoms with Crippen LogP contribution in [0.25, 0.3) is 11.1 Å². The van der Waals surface area contributed by atoms with Crippen molar-refractivity contribution in [1.29, 1.82) is 0 Å². The number of hydrogen-bond donors (Lipinski definition) is 0. The largest absolute Gasteiger partial charge is 0.303 e. The third kappa shape index (κ3) is 2.94. The van der Waals surface area contributed by atoms with Crippen LogP contribution in [0.5, 0.6) is 0 Å². The fourth-order valence-corrected chi connectivity index (χ4v) is 2.40. The van der Waals surface area contributed by atoms with E-state index in [1.807, 2.05) is 6.07 Å². The number of carbonyl (C=O) groups excluding carboxylic acids is 1. The highest BCUT2D eigenvalue weighted by molar-refractivity contribution is 14.1. The third-order valence-electron chi connectivity index (χ3n) is 2.71. The average Bonchev–Trinajstić information content (AvgIpc) is 2.33. The second-order valence-corrected chi connectivity index (χ2v) is 5.21. The molecular weight excluding hydrogens is 323 g/mol. The second-order valence-electron chi connectivity index (χ2n) is 4.05. The molecule has 0 radical (unpaired) electrons. The first-order chi connectivity index (χ1) is 8.20. The van der Waals surface area contributed by atoms with E-state index in [-0.39, 0.29) is 0 Å². The van der Waals surface area contributed by atoms with Gasteiger partial charge in [0.15, 0.2) is 0 Å². The molecule has 17 heavy (non-hydrogen) atoms. The second kappa shape index (κ2) is 5.45. The van der Waals surface area contributed by atoms with Gasteiger partial charge in [0.2, 0.25) is 0 Å². The van der Waals surface area contributed by atoms with Crippen LogP contribution in [0.2, 0.25) is 0 Å². The van der Waals surface area contributed by atoms with Crippen molar-refractivity contribution in [2.45, 2.75) is 13.3 Å². The van der Waals surface area contributed by atoms with Crippen molar-refractivity contribution < 1.29 is 4.79 Å². The van der Waals surface area contributed by atoms with Gasteiger partial charge in [-0.25, -0.2) is 0 Å². The lowest BCUT2D eigenvalue weighted by atomic mass is 10.0. The standard InChI is InChI=1S/C15H13IO/c1-11-2-5-13(6-3-11)14-10-12(8-9-17)4-7-15(14)16/h2-7,9-10H,8H2,1H3. The molecule has 1 nitrogen and oxygen atoms in total. The van der Waals surface area contributed by atoms with Gasteiger partial charge in [0, 0.05) is 9.99 Å². The maximum Gasteiger partial charge on any atom is 0.124 e. The first kappa shape index (κ1) is 12.3. The Morgan fingerprint density at radius 2 is 1.82 bits per heavy atom. The van der Waals surface area contributed by atoms with Gasteiger partial charge in [-0.2, -0.15) is 0 Å². The number of aryl methyl sites for hydroxylation is 1. The van der Waals surface area contributed by atoms with E-state index < -0.39 is 0 Å². The number of hydrogen-bond acceptors (Lipinski definition) is 1. The van der Waals surface area contributed by atoms with E-state index in [9.17, 15) is 4.79 Å². The van der Waals surface area contributed by atoms with E-state index in [2.05, 4.69) is 65.9 Å². The Bertz CT molecular complexity index is 529. The Balaban J connectivity index is 2.46. The minimum Gasteiger partial charge on any atom is -0.303 e. The molecule has 0 spiro atoms. The number of aldehydes is 1. The van der Waals surface area contributed by atoms with Crippen molar-refractivity contribution >= 4 is 28.9 Å². The van der Waals surface area contributed by atoms with Crippen LogP contribution in [-0.2, 0) is 11.2 Å². The lowest BCUT2D eigenvalue weighted by Crippen LogP contribution is -1.90. The fraction of sp³-hybridized carbons (Fsp3) is 0.133. The molecule has 0 amide bonds. The van der Waals surface area contributed by atoms with E-state index in [1.165, 1.54) is 20.3 Å². The van der Waals surface area contributed by atoms with Crippen LogP contribution in [0.15, 0.2) is 42.5 Å². The predicted molar refractivity (Wildman–Crippen MR) is 79.1 cm³/mol. The van der Waals surface area contributed by atoms with Crippen molar-refractivity contribution in [3.63, 3.8) is 0 Å². The average molecular weight is 336 g/mol. The molecule has 0 aliphatic heterocycles. The Morgan fingerprint density at radius 1 is 1.12 bits per heavy atom. The molecule has 2 aromatic rings. The molecule has 0 saturated carbocycles. The Hall–Kier alpha value is -1.16. The summed E-state index contributed by atoms with van der Waals surface area (Å²) in [5.74, 6) is 0. The van der Waals surface area contributed by atoms with Crippen molar-refractivity contribution in [2.24, 2.45) is 0 Å². The van der Waals surface area contributed by atoms with Crippen molar-refractivity contribution in [3.8, 4) is 11.1 Å². The molecule has 2 heteroatoms. The lowest BCUT2D eigenvalue weighted by molar-refractivity contribution is -0.107. The van der Waals surface area contributed by atoms with Gasteiger partial charge in [-0.3, -0.25) is 0 Å². The topological polar surface area (TPSA) is 17.1 Å². The van der Waals surface area contributed by atoms with Crippen LogP contribution >= 0.6 is 22.6 Å². The number of benzene rings is 2. The molecule has 0 aliphatic carbocycles. The van der Waals surface area contributed by atoms with Gasteiger partial charge in [0.05, 0.1) is 0 Å². The minimum absolute atomic E-state index is 0.482. The van der Waals surface area contributed by atoms with Crippen LogP contribution in [-0.4, -0.2) is 6.29 Å². The maximum absolute atomic E-state index is 10.5. The van der Waals surface area contributed by atoms with Crippen LogP contribution in [0.3, 0.4) is 0 Å². The molecule has 0 unspecified atom stereocenters. The summed E-state index contributed by atoms with van der Waals surface area (Å²) in [6, 6.07) is 14.6. The van der Waals surface area contributed by atoms with E-state index in [1.54, 1.807) is 0 Å². The number of halogens is 1. The Kier molecular flexibility index (Phi) is 3.94. The van der Waals surface area contributed by atoms with Crippen molar-refractivity contribution in [2.75, 3.05) is 0 Å². The Morgan fingerprint density at radius 3 is 2.47 bits per heavy atom. The quantitative estimate of drug-likeness (QED) is 0.611. The molecule has 0 fully saturated rings. The lowest BCUT2D eigenvalue weighted by Gasteiger charge is -2.07. The summed E-state index contributed by atoms with van der Waals surface area (Å²) < 4.78 is 1.21. The van der Waals surface area contributed by atoms with E-state index in [0.29, 0.717) is 6.42 Å². The third-order valence-corrected chi connectivity index (χ3v) is 3.65. The first-order valence-electron chi connectivity index (χ1n) is 5.50. The van der Waals surface area contributed by atoms with E-state index >= 15 is 0 Å². The molecule has 0 saturated heterocycles. The summed E-state index contributed by atoms with van der Waals surface area (Å²) in [7, 11) is 0. The molecule has 86 valence electrons. The van der Waals surface area contributed by atoms with Gasteiger partial charge in [0.25, 0.3) is 0 Å². The van der Waals surface area contributed by atoms with Gasteiger partial charge >= 0.3 is 0 Å². The number of rotatable bonds is 3. The summed E-state index contributed by atoms with van der Waals surface area (Å²) in [5.41, 5.74) is 4.72. The summed E-state index contributed by atoms with van der Waals surface area (Å²) >= 11 is 2.33. The van der Waals surface area contributed by atoms with Gasteiger partial charge < -0.3 is 4.79 Å². The molecule has 0 aliphatic rings. The molecule has 2 rings (SSSR count). The van der Waals surface area contributed by atoms with Gasteiger partial charge in [-0.15, -0.1) is 0 Å². The highest BCUT2D eigenvalue weighted by atomic mass is 127. The van der Waals surface area contributed by atoms with E-state index in [4.69, 9.17) is 0 Å². The predicted octanol–water partition coefficient (Wildman–Crippen LogP) is 4.01. The molecule has 0 N–H and O–H groups in total.